The Kier molecular flexibility index (Phi) is 8.96. The van der Waals surface area contributed by atoms with E-state index < -0.39 is 10.0 Å². The maximum absolute atomic E-state index is 13.6. The van der Waals surface area contributed by atoms with Gasteiger partial charge in [0.05, 0.1) is 20.8 Å². The van der Waals surface area contributed by atoms with Crippen molar-refractivity contribution in [1.29, 1.82) is 0 Å². The van der Waals surface area contributed by atoms with Crippen LogP contribution in [0.25, 0.3) is 10.2 Å². The third-order valence-electron chi connectivity index (χ3n) is 5.94. The molecule has 196 valence electrons. The zero-order valence-corrected chi connectivity index (χ0v) is 24.0. The second-order valence-electron chi connectivity index (χ2n) is 9.02. The van der Waals surface area contributed by atoms with Crippen LogP contribution in [0.1, 0.15) is 21.5 Å². The highest BCUT2D eigenvalue weighted by molar-refractivity contribution is 7.92. The number of aryl methyl sites for hydroxylation is 2. The molecule has 7 nitrogen and oxygen atoms in total. The van der Waals surface area contributed by atoms with Crippen LogP contribution in [0, 0.1) is 13.8 Å². The van der Waals surface area contributed by atoms with E-state index >= 15 is 0 Å². The predicted molar refractivity (Wildman–Crippen MR) is 155 cm³/mol. The lowest BCUT2D eigenvalue weighted by Crippen LogP contribution is -2.36. The van der Waals surface area contributed by atoms with Gasteiger partial charge in [-0.05, 0) is 81.5 Å². The van der Waals surface area contributed by atoms with Gasteiger partial charge in [0.1, 0.15) is 0 Å². The second kappa shape index (κ2) is 11.6. The molecular formula is C27H31ClN4O3S2. The van der Waals surface area contributed by atoms with Gasteiger partial charge in [0.25, 0.3) is 15.9 Å². The zero-order valence-electron chi connectivity index (χ0n) is 21.5. The van der Waals surface area contributed by atoms with Gasteiger partial charge in [-0.3, -0.25) is 14.0 Å². The number of anilines is 2. The van der Waals surface area contributed by atoms with E-state index in [2.05, 4.69) is 13.0 Å². The quantitative estimate of drug-likeness (QED) is 0.291. The topological polar surface area (TPSA) is 73.8 Å². The third kappa shape index (κ3) is 6.13. The van der Waals surface area contributed by atoms with Crippen LogP contribution >= 0.6 is 23.7 Å². The number of aromatic nitrogens is 1. The highest BCUT2D eigenvalue weighted by Crippen LogP contribution is 2.33. The van der Waals surface area contributed by atoms with Gasteiger partial charge in [-0.25, -0.2) is 13.4 Å². The van der Waals surface area contributed by atoms with Gasteiger partial charge in [-0.2, -0.15) is 0 Å². The minimum atomic E-state index is -3.76. The summed E-state index contributed by atoms with van der Waals surface area (Å²) in [6, 6.07) is 19.1. The average Bonchev–Trinajstić information content (AvgIpc) is 3.28. The maximum Gasteiger partial charge on any atom is 0.264 e. The lowest BCUT2D eigenvalue weighted by Gasteiger charge is -2.22. The third-order valence-corrected chi connectivity index (χ3v) is 8.96. The summed E-state index contributed by atoms with van der Waals surface area (Å²) in [5.74, 6) is -0.217. The Hall–Kier alpha value is -2.98. The van der Waals surface area contributed by atoms with Crippen molar-refractivity contribution >= 4 is 60.7 Å². The van der Waals surface area contributed by atoms with E-state index in [0.717, 1.165) is 21.3 Å². The molecule has 10 heteroatoms. The summed E-state index contributed by atoms with van der Waals surface area (Å²) < 4.78 is 28.5. The number of hydrogen-bond acceptors (Lipinski definition) is 6. The second-order valence-corrected chi connectivity index (χ2v) is 12.0. The number of para-hydroxylation sites is 1. The van der Waals surface area contributed by atoms with E-state index in [1.165, 1.54) is 34.8 Å². The van der Waals surface area contributed by atoms with E-state index in [1.54, 1.807) is 41.3 Å². The molecule has 0 spiro atoms. The molecule has 0 N–H and O–H groups in total. The standard InChI is InChI=1S/C27H30N4O3S2.ClH/c1-19-17-20(2)25-24(18-19)28-27(35-25)31(16-15-29(3)4)26(32)21-11-13-23(14-12-21)36(33,34)30(5)22-9-7-6-8-10-22;/h6-14,17-18H,15-16H2,1-5H3;1H. The lowest BCUT2D eigenvalue weighted by atomic mass is 10.1. The molecule has 0 aliphatic rings. The van der Waals surface area contributed by atoms with E-state index in [9.17, 15) is 13.2 Å². The summed E-state index contributed by atoms with van der Waals surface area (Å²) in [7, 11) is 1.67. The molecule has 4 rings (SSSR count). The minimum absolute atomic E-state index is 0. The van der Waals surface area contributed by atoms with Crippen LogP contribution in [-0.4, -0.2) is 58.4 Å². The molecule has 1 amide bonds. The molecule has 0 bridgehead atoms. The van der Waals surface area contributed by atoms with Crippen molar-refractivity contribution in [1.82, 2.24) is 9.88 Å². The number of carbonyl (C=O) groups excluding carboxylic acids is 1. The highest BCUT2D eigenvalue weighted by Gasteiger charge is 2.25. The van der Waals surface area contributed by atoms with Crippen molar-refractivity contribution in [3.05, 3.63) is 83.4 Å². The number of sulfonamides is 1. The number of benzene rings is 3. The highest BCUT2D eigenvalue weighted by atomic mass is 35.5. The Morgan fingerprint density at radius 1 is 0.919 bits per heavy atom. The number of amides is 1. The first-order valence-electron chi connectivity index (χ1n) is 11.6. The molecular weight excluding hydrogens is 528 g/mol. The lowest BCUT2D eigenvalue weighted by molar-refractivity contribution is 0.0985. The first-order chi connectivity index (χ1) is 17.1. The number of thiazole rings is 1. The number of hydrogen-bond donors (Lipinski definition) is 0. The van der Waals surface area contributed by atoms with Crippen LogP contribution < -0.4 is 9.21 Å². The number of nitrogens with zero attached hydrogens (tertiary/aromatic N) is 4. The molecule has 0 fully saturated rings. The fraction of sp³-hybridized carbons (Fsp3) is 0.259. The molecule has 0 unspecified atom stereocenters. The Labute approximate surface area is 228 Å². The van der Waals surface area contributed by atoms with E-state index in [-0.39, 0.29) is 23.2 Å². The van der Waals surface area contributed by atoms with Gasteiger partial charge in [0, 0.05) is 25.7 Å². The van der Waals surface area contributed by atoms with Gasteiger partial charge in [0.2, 0.25) is 0 Å². The van der Waals surface area contributed by atoms with Gasteiger partial charge in [-0.1, -0.05) is 35.6 Å². The Balaban J connectivity index is 0.00000380. The predicted octanol–water partition coefficient (Wildman–Crippen LogP) is 5.37. The molecule has 0 atom stereocenters. The van der Waals surface area contributed by atoms with Crippen LogP contribution in [0.15, 0.2) is 71.6 Å². The molecule has 37 heavy (non-hydrogen) atoms. The molecule has 0 saturated heterocycles. The number of likely N-dealkylation sites (N-methyl/N-ethyl adjacent to an activating group) is 1. The molecule has 0 radical (unpaired) electrons. The normalized spacial score (nSPS) is 11.4. The molecule has 0 aliphatic heterocycles. The molecule has 1 aromatic heterocycles. The number of rotatable bonds is 8. The first kappa shape index (κ1) is 28.6. The van der Waals surface area contributed by atoms with Crippen molar-refractivity contribution in [2.24, 2.45) is 0 Å². The summed E-state index contributed by atoms with van der Waals surface area (Å²) in [6.45, 7) is 5.20. The molecule has 0 aliphatic carbocycles. The number of carbonyl (C=O) groups is 1. The SMILES string of the molecule is Cc1cc(C)c2sc(N(CCN(C)C)C(=O)c3ccc(S(=O)(=O)N(C)c4ccccc4)cc3)nc2c1.Cl. The first-order valence-corrected chi connectivity index (χ1v) is 13.8. The summed E-state index contributed by atoms with van der Waals surface area (Å²) in [5, 5.41) is 0.631. The van der Waals surface area contributed by atoms with Crippen LogP contribution in [0.3, 0.4) is 0 Å². The fourth-order valence-electron chi connectivity index (χ4n) is 3.92. The molecule has 1 heterocycles. The van der Waals surface area contributed by atoms with Gasteiger partial charge in [0.15, 0.2) is 5.13 Å². The van der Waals surface area contributed by atoms with Crippen LogP contribution in [0.5, 0.6) is 0 Å². The van der Waals surface area contributed by atoms with Crippen molar-refractivity contribution in [3.8, 4) is 0 Å². The van der Waals surface area contributed by atoms with Crippen molar-refractivity contribution in [2.75, 3.05) is 43.4 Å². The summed E-state index contributed by atoms with van der Waals surface area (Å²) in [5.41, 5.74) is 4.10. The van der Waals surface area contributed by atoms with E-state index in [1.807, 2.05) is 38.1 Å². The maximum atomic E-state index is 13.6. The van der Waals surface area contributed by atoms with Gasteiger partial charge >= 0.3 is 0 Å². The number of fused-ring (bicyclic) bond motifs is 1. The molecule has 4 aromatic rings. The molecule has 3 aromatic carbocycles. The smallest absolute Gasteiger partial charge is 0.264 e. The Morgan fingerprint density at radius 3 is 2.19 bits per heavy atom. The summed E-state index contributed by atoms with van der Waals surface area (Å²) in [4.78, 5) is 22.2. The Bertz CT molecular complexity index is 1490. The van der Waals surface area contributed by atoms with Crippen LogP contribution in [0.2, 0.25) is 0 Å². The monoisotopic (exact) mass is 558 g/mol. The zero-order chi connectivity index (χ0) is 26.0. The van der Waals surface area contributed by atoms with Crippen LogP contribution in [-0.2, 0) is 10.0 Å². The van der Waals surface area contributed by atoms with Gasteiger partial charge in [-0.15, -0.1) is 12.4 Å². The fourth-order valence-corrected chi connectivity index (χ4v) is 6.16. The summed E-state index contributed by atoms with van der Waals surface area (Å²) >= 11 is 1.50. The van der Waals surface area contributed by atoms with Crippen molar-refractivity contribution in [2.45, 2.75) is 18.7 Å². The Morgan fingerprint density at radius 2 is 1.57 bits per heavy atom. The van der Waals surface area contributed by atoms with Crippen molar-refractivity contribution < 1.29 is 13.2 Å². The molecule has 0 saturated carbocycles. The van der Waals surface area contributed by atoms with Crippen LogP contribution in [0.4, 0.5) is 10.8 Å². The van der Waals surface area contributed by atoms with E-state index in [0.29, 0.717) is 29.5 Å². The minimum Gasteiger partial charge on any atom is -0.308 e. The average molecular weight is 559 g/mol. The largest absolute Gasteiger partial charge is 0.308 e. The summed E-state index contributed by atoms with van der Waals surface area (Å²) in [6.07, 6.45) is 0. The number of halogens is 1. The van der Waals surface area contributed by atoms with Crippen molar-refractivity contribution in [3.63, 3.8) is 0 Å². The van der Waals surface area contributed by atoms with E-state index in [4.69, 9.17) is 4.98 Å². The van der Waals surface area contributed by atoms with Gasteiger partial charge < -0.3 is 4.90 Å².